The van der Waals surface area contributed by atoms with Crippen molar-refractivity contribution in [2.24, 2.45) is 5.73 Å². The molecule has 0 bridgehead atoms. The van der Waals surface area contributed by atoms with E-state index in [9.17, 15) is 0 Å². The minimum atomic E-state index is 0.343. The van der Waals surface area contributed by atoms with Gasteiger partial charge < -0.3 is 10.6 Å². The zero-order valence-corrected chi connectivity index (χ0v) is 14.2. The molecule has 1 unspecified atom stereocenters. The fraction of sp³-hybridized carbons (Fsp3) is 0.625. The quantitative estimate of drug-likeness (QED) is 0.895. The average molecular weight is 340 g/mol. The number of aryl methyl sites for hydroxylation is 1. The summed E-state index contributed by atoms with van der Waals surface area (Å²) in [5.74, 6) is 0. The summed E-state index contributed by atoms with van der Waals surface area (Å²) in [5.41, 5.74) is 8.65. The van der Waals surface area contributed by atoms with Gasteiger partial charge in [0.05, 0.1) is 0 Å². The third-order valence-electron chi connectivity index (χ3n) is 4.19. The lowest BCUT2D eigenvalue weighted by molar-refractivity contribution is 0.0985. The minimum absolute atomic E-state index is 0.343. The number of benzene rings is 1. The molecule has 0 aliphatic carbocycles. The number of nitrogens with two attached hydrogens (primary N) is 1. The Labute approximate surface area is 131 Å². The Morgan fingerprint density at radius 3 is 2.50 bits per heavy atom. The molecular formula is C16H26BrN3. The summed E-state index contributed by atoms with van der Waals surface area (Å²) in [4.78, 5) is 5.08. The van der Waals surface area contributed by atoms with Crippen molar-refractivity contribution in [1.82, 2.24) is 9.80 Å². The van der Waals surface area contributed by atoms with Gasteiger partial charge in [-0.2, -0.15) is 0 Å². The maximum absolute atomic E-state index is 6.05. The highest BCUT2D eigenvalue weighted by atomic mass is 79.9. The normalized spacial score (nSPS) is 19.2. The molecule has 2 N–H and O–H groups in total. The molecule has 0 amide bonds. The molecule has 1 atom stereocenters. The second kappa shape index (κ2) is 7.55. The van der Waals surface area contributed by atoms with E-state index in [0.29, 0.717) is 12.6 Å². The van der Waals surface area contributed by atoms with E-state index in [0.717, 1.165) is 26.2 Å². The lowest BCUT2D eigenvalue weighted by Crippen LogP contribution is -2.49. The molecule has 1 fully saturated rings. The van der Waals surface area contributed by atoms with Crippen LogP contribution in [0.25, 0.3) is 0 Å². The smallest absolute Gasteiger partial charge is 0.0471 e. The summed E-state index contributed by atoms with van der Waals surface area (Å²) in [6, 6.07) is 6.96. The number of hydrogen-bond donors (Lipinski definition) is 1. The van der Waals surface area contributed by atoms with Crippen molar-refractivity contribution < 1.29 is 0 Å². The van der Waals surface area contributed by atoms with Crippen molar-refractivity contribution in [1.29, 1.82) is 0 Å². The summed E-state index contributed by atoms with van der Waals surface area (Å²) in [5, 5.41) is 0. The molecule has 0 aromatic heterocycles. The van der Waals surface area contributed by atoms with Crippen LogP contribution < -0.4 is 5.73 Å². The summed E-state index contributed by atoms with van der Waals surface area (Å²) in [6.45, 7) is 10.8. The van der Waals surface area contributed by atoms with E-state index in [1.807, 2.05) is 0 Å². The van der Waals surface area contributed by atoms with E-state index in [4.69, 9.17) is 5.73 Å². The van der Waals surface area contributed by atoms with Gasteiger partial charge in [0.1, 0.15) is 0 Å². The Morgan fingerprint density at radius 2 is 1.95 bits per heavy atom. The fourth-order valence-electron chi connectivity index (χ4n) is 2.93. The van der Waals surface area contributed by atoms with Crippen molar-refractivity contribution in [2.45, 2.75) is 26.3 Å². The Hall–Kier alpha value is -0.420. The summed E-state index contributed by atoms with van der Waals surface area (Å²) >= 11 is 3.63. The van der Waals surface area contributed by atoms with Gasteiger partial charge in [0, 0.05) is 43.2 Å². The monoisotopic (exact) mass is 339 g/mol. The second-order valence-electron chi connectivity index (χ2n) is 5.64. The molecule has 1 aliphatic heterocycles. The average Bonchev–Trinajstić information content (AvgIpc) is 2.46. The maximum atomic E-state index is 6.05. The molecule has 4 heteroatoms. The van der Waals surface area contributed by atoms with E-state index in [2.05, 4.69) is 57.8 Å². The van der Waals surface area contributed by atoms with Gasteiger partial charge in [-0.05, 0) is 37.1 Å². The zero-order valence-electron chi connectivity index (χ0n) is 12.6. The molecule has 0 spiro atoms. The van der Waals surface area contributed by atoms with Crippen LogP contribution >= 0.6 is 15.9 Å². The molecule has 112 valence electrons. The Kier molecular flexibility index (Phi) is 6.02. The predicted octanol–water partition coefficient (Wildman–Crippen LogP) is 2.78. The zero-order chi connectivity index (χ0) is 14.5. The van der Waals surface area contributed by atoms with Gasteiger partial charge in [-0.3, -0.25) is 4.90 Å². The highest BCUT2D eigenvalue weighted by Gasteiger charge is 2.23. The number of nitrogens with zero attached hydrogens (tertiary/aromatic N) is 2. The van der Waals surface area contributed by atoms with Crippen LogP contribution in [0, 0.1) is 6.92 Å². The van der Waals surface area contributed by atoms with E-state index in [1.54, 1.807) is 0 Å². The third-order valence-corrected chi connectivity index (χ3v) is 5.05. The lowest BCUT2D eigenvalue weighted by Gasteiger charge is -2.39. The first-order valence-corrected chi connectivity index (χ1v) is 8.37. The summed E-state index contributed by atoms with van der Waals surface area (Å²) in [6.07, 6.45) is 1.24. The van der Waals surface area contributed by atoms with Crippen molar-refractivity contribution in [2.75, 3.05) is 39.3 Å². The molecule has 0 radical (unpaired) electrons. The van der Waals surface area contributed by atoms with Crippen LogP contribution in [0.1, 0.15) is 30.5 Å². The SMILES string of the molecule is CCCN1CCN(C(CN)c2ccc(C)c(Br)c2)CC1. The van der Waals surface area contributed by atoms with Crippen molar-refractivity contribution >= 4 is 15.9 Å². The largest absolute Gasteiger partial charge is 0.329 e. The highest BCUT2D eigenvalue weighted by molar-refractivity contribution is 9.10. The topological polar surface area (TPSA) is 32.5 Å². The standard InChI is InChI=1S/C16H26BrN3/c1-3-6-19-7-9-20(10-8-19)16(12-18)14-5-4-13(2)15(17)11-14/h4-5,11,16H,3,6-10,12,18H2,1-2H3. The van der Waals surface area contributed by atoms with E-state index in [-0.39, 0.29) is 0 Å². The first-order chi connectivity index (χ1) is 9.65. The molecule has 0 saturated carbocycles. The molecule has 3 nitrogen and oxygen atoms in total. The lowest BCUT2D eigenvalue weighted by atomic mass is 10.0. The van der Waals surface area contributed by atoms with Crippen LogP contribution in [-0.4, -0.2) is 49.1 Å². The van der Waals surface area contributed by atoms with Crippen LogP contribution in [-0.2, 0) is 0 Å². The van der Waals surface area contributed by atoms with Crippen LogP contribution in [0.3, 0.4) is 0 Å². The second-order valence-corrected chi connectivity index (χ2v) is 6.49. The molecule has 1 aromatic carbocycles. The predicted molar refractivity (Wildman–Crippen MR) is 89.0 cm³/mol. The number of piperazine rings is 1. The van der Waals surface area contributed by atoms with Crippen LogP contribution in [0.15, 0.2) is 22.7 Å². The molecular weight excluding hydrogens is 314 g/mol. The van der Waals surface area contributed by atoms with Crippen LogP contribution in [0.5, 0.6) is 0 Å². The van der Waals surface area contributed by atoms with Crippen LogP contribution in [0.4, 0.5) is 0 Å². The molecule has 1 aromatic rings. The van der Waals surface area contributed by atoms with Crippen molar-refractivity contribution in [3.63, 3.8) is 0 Å². The molecule has 1 aliphatic rings. The molecule has 1 saturated heterocycles. The molecule has 2 rings (SSSR count). The van der Waals surface area contributed by atoms with Gasteiger partial charge in [0.25, 0.3) is 0 Å². The van der Waals surface area contributed by atoms with Crippen molar-refractivity contribution in [3.8, 4) is 0 Å². The van der Waals surface area contributed by atoms with E-state index in [1.165, 1.54) is 28.6 Å². The number of hydrogen-bond acceptors (Lipinski definition) is 3. The molecule has 1 heterocycles. The van der Waals surface area contributed by atoms with Gasteiger partial charge >= 0.3 is 0 Å². The fourth-order valence-corrected chi connectivity index (χ4v) is 3.32. The summed E-state index contributed by atoms with van der Waals surface area (Å²) in [7, 11) is 0. The summed E-state index contributed by atoms with van der Waals surface area (Å²) < 4.78 is 1.18. The van der Waals surface area contributed by atoms with E-state index < -0.39 is 0 Å². The van der Waals surface area contributed by atoms with Gasteiger partial charge in [0.2, 0.25) is 0 Å². The van der Waals surface area contributed by atoms with Gasteiger partial charge in [-0.25, -0.2) is 0 Å². The minimum Gasteiger partial charge on any atom is -0.329 e. The van der Waals surface area contributed by atoms with Crippen LogP contribution in [0.2, 0.25) is 0 Å². The first kappa shape index (κ1) is 16.0. The van der Waals surface area contributed by atoms with Crippen molar-refractivity contribution in [3.05, 3.63) is 33.8 Å². The number of halogens is 1. The van der Waals surface area contributed by atoms with Gasteiger partial charge in [-0.1, -0.05) is 35.0 Å². The highest BCUT2D eigenvalue weighted by Crippen LogP contribution is 2.26. The number of rotatable bonds is 5. The first-order valence-electron chi connectivity index (χ1n) is 7.58. The maximum Gasteiger partial charge on any atom is 0.0471 e. The Bertz CT molecular complexity index is 428. The Balaban J connectivity index is 2.03. The van der Waals surface area contributed by atoms with Gasteiger partial charge in [0.15, 0.2) is 0 Å². The van der Waals surface area contributed by atoms with Gasteiger partial charge in [-0.15, -0.1) is 0 Å². The van der Waals surface area contributed by atoms with E-state index >= 15 is 0 Å². The third kappa shape index (κ3) is 3.82. The Morgan fingerprint density at radius 1 is 1.25 bits per heavy atom. The molecule has 20 heavy (non-hydrogen) atoms.